The molecule has 0 amide bonds. The van der Waals surface area contributed by atoms with Crippen molar-refractivity contribution < 1.29 is 14.2 Å². The van der Waals surface area contributed by atoms with Crippen molar-refractivity contribution in [2.75, 3.05) is 17.9 Å². The Morgan fingerprint density at radius 1 is 1.10 bits per heavy atom. The Morgan fingerprint density at radius 2 is 2.00 bits per heavy atom. The lowest BCUT2D eigenvalue weighted by molar-refractivity contribution is 0.173. The fourth-order valence-electron chi connectivity index (χ4n) is 3.24. The van der Waals surface area contributed by atoms with Crippen LogP contribution >= 0.6 is 11.8 Å². The molecule has 0 radical (unpaired) electrons. The normalized spacial score (nSPS) is 16.2. The number of anilines is 1. The van der Waals surface area contributed by atoms with Crippen molar-refractivity contribution in [2.45, 2.75) is 31.1 Å². The molecule has 8 heteroatoms. The molecule has 0 bridgehead atoms. The molecule has 7 nitrogen and oxygen atoms in total. The summed E-state index contributed by atoms with van der Waals surface area (Å²) < 4.78 is 17.2. The number of ether oxygens (including phenoxy) is 3. The van der Waals surface area contributed by atoms with E-state index in [4.69, 9.17) is 14.2 Å². The van der Waals surface area contributed by atoms with Crippen LogP contribution in [0.15, 0.2) is 47.6 Å². The van der Waals surface area contributed by atoms with Crippen molar-refractivity contribution in [3.05, 3.63) is 48.0 Å². The van der Waals surface area contributed by atoms with Gasteiger partial charge in [0.25, 0.3) is 0 Å². The van der Waals surface area contributed by atoms with Gasteiger partial charge in [0.15, 0.2) is 23.4 Å². The number of benzene rings is 2. The molecule has 0 spiro atoms. The highest BCUT2D eigenvalue weighted by atomic mass is 32.2. The topological polar surface area (TPSA) is 78.4 Å². The zero-order valence-corrected chi connectivity index (χ0v) is 16.7. The van der Waals surface area contributed by atoms with Gasteiger partial charge in [0.1, 0.15) is 0 Å². The van der Waals surface area contributed by atoms with Gasteiger partial charge in [-0.05, 0) is 30.7 Å². The van der Waals surface area contributed by atoms with Gasteiger partial charge in [0.05, 0.1) is 0 Å². The van der Waals surface area contributed by atoms with Crippen LogP contribution in [0.4, 0.5) is 5.69 Å². The van der Waals surface area contributed by atoms with E-state index in [1.54, 1.807) is 11.8 Å². The molecule has 0 aliphatic carbocycles. The molecule has 2 aliphatic heterocycles. The van der Waals surface area contributed by atoms with Crippen LogP contribution in [0.25, 0.3) is 11.3 Å². The molecule has 3 heterocycles. The van der Waals surface area contributed by atoms with Gasteiger partial charge in [-0.25, -0.2) is 0 Å². The molecule has 2 aromatic carbocycles. The SMILES string of the molecule is CCCCSc1nnc2c(n1)O[C@H](c1ccc3c(c1)OCO3)Nc1ccccc1-2. The maximum absolute atomic E-state index is 6.30. The van der Waals surface area contributed by atoms with Crippen LogP contribution in [0.5, 0.6) is 17.4 Å². The van der Waals surface area contributed by atoms with Crippen LogP contribution in [-0.2, 0) is 0 Å². The predicted molar refractivity (Wildman–Crippen MR) is 110 cm³/mol. The predicted octanol–water partition coefficient (Wildman–Crippen LogP) is 4.66. The van der Waals surface area contributed by atoms with Gasteiger partial charge in [-0.15, -0.1) is 10.2 Å². The minimum Gasteiger partial charge on any atom is -0.454 e. The Hall–Kier alpha value is -3.00. The number of hydrogen-bond acceptors (Lipinski definition) is 8. The van der Waals surface area contributed by atoms with Gasteiger partial charge in [0, 0.05) is 22.6 Å². The number of hydrogen-bond donors (Lipinski definition) is 1. The van der Waals surface area contributed by atoms with Crippen molar-refractivity contribution in [1.29, 1.82) is 0 Å². The monoisotopic (exact) mass is 408 g/mol. The first-order chi connectivity index (χ1) is 14.3. The maximum Gasteiger partial charge on any atom is 0.247 e. The highest BCUT2D eigenvalue weighted by Gasteiger charge is 2.27. The first kappa shape index (κ1) is 18.1. The molecule has 1 aromatic heterocycles. The zero-order chi connectivity index (χ0) is 19.6. The average Bonchev–Trinajstić information content (AvgIpc) is 3.15. The number of aromatic nitrogens is 3. The van der Waals surface area contributed by atoms with Crippen LogP contribution in [0.2, 0.25) is 0 Å². The number of unbranched alkanes of at least 4 members (excludes halogenated alkanes) is 1. The van der Waals surface area contributed by atoms with Crippen molar-refractivity contribution in [3.8, 4) is 28.6 Å². The number of nitrogens with one attached hydrogen (secondary N) is 1. The molecule has 0 saturated carbocycles. The van der Waals surface area contributed by atoms with E-state index in [9.17, 15) is 0 Å². The smallest absolute Gasteiger partial charge is 0.247 e. The summed E-state index contributed by atoms with van der Waals surface area (Å²) >= 11 is 1.60. The lowest BCUT2D eigenvalue weighted by atomic mass is 10.1. The summed E-state index contributed by atoms with van der Waals surface area (Å²) in [5, 5.41) is 12.8. The van der Waals surface area contributed by atoms with E-state index in [1.165, 1.54) is 0 Å². The fraction of sp³-hybridized carbons (Fsp3) is 0.286. The second-order valence-corrected chi connectivity index (χ2v) is 7.81. The van der Waals surface area contributed by atoms with Crippen LogP contribution in [-0.4, -0.2) is 27.7 Å². The van der Waals surface area contributed by atoms with E-state index < -0.39 is 6.23 Å². The summed E-state index contributed by atoms with van der Waals surface area (Å²) in [5.41, 5.74) is 3.37. The van der Waals surface area contributed by atoms with Crippen molar-refractivity contribution >= 4 is 17.4 Å². The third kappa shape index (κ3) is 3.55. The third-order valence-electron chi connectivity index (χ3n) is 4.76. The third-order valence-corrected chi connectivity index (χ3v) is 5.69. The van der Waals surface area contributed by atoms with E-state index in [0.717, 1.165) is 41.2 Å². The average molecular weight is 408 g/mol. The number of thioether (sulfide) groups is 1. The van der Waals surface area contributed by atoms with Crippen LogP contribution in [0, 0.1) is 0 Å². The molecule has 2 aliphatic rings. The molecule has 3 aromatic rings. The molecular formula is C21H20N4O3S. The fourth-order valence-corrected chi connectivity index (χ4v) is 4.10. The largest absolute Gasteiger partial charge is 0.454 e. The summed E-state index contributed by atoms with van der Waals surface area (Å²) in [6.45, 7) is 2.40. The van der Waals surface area contributed by atoms with Gasteiger partial charge in [-0.1, -0.05) is 43.3 Å². The second kappa shape index (κ2) is 7.79. The molecule has 5 rings (SSSR count). The van der Waals surface area contributed by atoms with Gasteiger partial charge in [-0.2, -0.15) is 4.98 Å². The first-order valence-corrected chi connectivity index (χ1v) is 10.6. The minimum absolute atomic E-state index is 0.235. The van der Waals surface area contributed by atoms with E-state index in [-0.39, 0.29) is 6.79 Å². The first-order valence-electron chi connectivity index (χ1n) is 9.61. The quantitative estimate of drug-likeness (QED) is 0.482. The van der Waals surface area contributed by atoms with E-state index in [2.05, 4.69) is 27.4 Å². The van der Waals surface area contributed by atoms with E-state index in [0.29, 0.717) is 22.5 Å². The van der Waals surface area contributed by atoms with E-state index in [1.807, 2.05) is 42.5 Å². The lowest BCUT2D eigenvalue weighted by Crippen LogP contribution is -2.17. The molecule has 1 N–H and O–H groups in total. The lowest BCUT2D eigenvalue weighted by Gasteiger charge is -2.19. The summed E-state index contributed by atoms with van der Waals surface area (Å²) in [7, 11) is 0. The van der Waals surface area contributed by atoms with Gasteiger partial charge < -0.3 is 19.5 Å². The highest BCUT2D eigenvalue weighted by molar-refractivity contribution is 7.99. The Morgan fingerprint density at radius 3 is 2.93 bits per heavy atom. The Bertz CT molecular complexity index is 1050. The Labute approximate surface area is 172 Å². The van der Waals surface area contributed by atoms with Gasteiger partial charge in [0.2, 0.25) is 17.8 Å². The van der Waals surface area contributed by atoms with Crippen molar-refractivity contribution in [2.24, 2.45) is 0 Å². The summed E-state index contributed by atoms with van der Waals surface area (Å²) in [4.78, 5) is 4.66. The van der Waals surface area contributed by atoms with E-state index >= 15 is 0 Å². The summed E-state index contributed by atoms with van der Waals surface area (Å²) in [6, 6.07) is 13.7. The zero-order valence-electron chi connectivity index (χ0n) is 15.9. The van der Waals surface area contributed by atoms with Crippen LogP contribution in [0.3, 0.4) is 0 Å². The molecule has 148 valence electrons. The molecular weight excluding hydrogens is 388 g/mol. The van der Waals surface area contributed by atoms with Crippen LogP contribution < -0.4 is 19.5 Å². The highest BCUT2D eigenvalue weighted by Crippen LogP contribution is 2.41. The second-order valence-electron chi connectivity index (χ2n) is 6.75. The molecule has 0 fully saturated rings. The molecule has 0 saturated heterocycles. The maximum atomic E-state index is 6.30. The molecule has 29 heavy (non-hydrogen) atoms. The van der Waals surface area contributed by atoms with Crippen molar-refractivity contribution in [1.82, 2.24) is 15.2 Å². The Kier molecular flexibility index (Phi) is 4.85. The van der Waals surface area contributed by atoms with Gasteiger partial charge in [-0.3, -0.25) is 0 Å². The Balaban J connectivity index is 1.53. The molecule has 0 unspecified atom stereocenters. The summed E-state index contributed by atoms with van der Waals surface area (Å²) in [5.74, 6) is 2.88. The van der Waals surface area contributed by atoms with Crippen molar-refractivity contribution in [3.63, 3.8) is 0 Å². The number of para-hydroxylation sites is 1. The summed E-state index contributed by atoms with van der Waals surface area (Å²) in [6.07, 6.45) is 1.79. The molecule has 1 atom stereocenters. The number of nitrogens with zero attached hydrogens (tertiary/aromatic N) is 3. The number of fused-ring (bicyclic) bond motifs is 4. The number of rotatable bonds is 5. The van der Waals surface area contributed by atoms with Crippen LogP contribution in [0.1, 0.15) is 31.6 Å². The standard InChI is InChI=1S/C21H20N4O3S/c1-2-3-10-29-21-23-20-18(24-25-21)14-6-4-5-7-15(14)22-19(28-20)13-8-9-16-17(11-13)27-12-26-16/h4-9,11,19,22H,2-3,10,12H2,1H3/t19-/m1/s1. The minimum atomic E-state index is -0.447. The van der Waals surface area contributed by atoms with Gasteiger partial charge >= 0.3 is 0 Å².